The lowest BCUT2D eigenvalue weighted by atomic mass is 10.2. The molecular weight excluding hydrogens is 272 g/mol. The first-order chi connectivity index (χ1) is 9.06. The van der Waals surface area contributed by atoms with Crippen molar-refractivity contribution in [3.63, 3.8) is 0 Å². The molecule has 0 aliphatic carbocycles. The highest BCUT2D eigenvalue weighted by molar-refractivity contribution is 6.33. The van der Waals surface area contributed by atoms with Gasteiger partial charge >= 0.3 is 0 Å². The topological polar surface area (TPSA) is 54.7 Å². The van der Waals surface area contributed by atoms with Crippen molar-refractivity contribution in [2.24, 2.45) is 0 Å². The lowest BCUT2D eigenvalue weighted by Gasteiger charge is -2.03. The number of nitrogens with zero attached hydrogens (tertiary/aromatic N) is 1. The van der Waals surface area contributed by atoms with Crippen LogP contribution in [0.3, 0.4) is 0 Å². The number of fused-ring (bicyclic) bond motifs is 1. The van der Waals surface area contributed by atoms with Crippen LogP contribution in [0.1, 0.15) is 0 Å². The molecule has 96 valence electrons. The van der Waals surface area contributed by atoms with E-state index >= 15 is 0 Å². The second kappa shape index (κ2) is 4.20. The van der Waals surface area contributed by atoms with Crippen molar-refractivity contribution in [3.8, 4) is 11.4 Å². The number of benzene rings is 2. The fraction of sp³-hybridized carbons (Fsp3) is 0. The number of anilines is 1. The average molecular weight is 280 g/mol. The van der Waals surface area contributed by atoms with Crippen LogP contribution < -0.4 is 5.73 Å². The van der Waals surface area contributed by atoms with Gasteiger partial charge in [-0.25, -0.2) is 13.8 Å². The molecule has 0 bridgehead atoms. The van der Waals surface area contributed by atoms with Gasteiger partial charge in [0.25, 0.3) is 0 Å². The van der Waals surface area contributed by atoms with Crippen LogP contribution in [0.15, 0.2) is 30.3 Å². The van der Waals surface area contributed by atoms with E-state index < -0.39 is 11.6 Å². The zero-order valence-electron chi connectivity index (χ0n) is 9.55. The summed E-state index contributed by atoms with van der Waals surface area (Å²) in [6, 6.07) is 6.96. The first-order valence-electron chi connectivity index (χ1n) is 5.45. The Labute approximate surface area is 112 Å². The molecule has 3 nitrogen and oxygen atoms in total. The molecule has 0 aliphatic heterocycles. The highest BCUT2D eigenvalue weighted by Crippen LogP contribution is 2.32. The Kier molecular flexibility index (Phi) is 2.64. The number of hydrogen-bond donors (Lipinski definition) is 2. The number of H-pyrrole nitrogens is 1. The van der Waals surface area contributed by atoms with Crippen LogP contribution in [0.5, 0.6) is 0 Å². The molecule has 0 amide bonds. The zero-order valence-corrected chi connectivity index (χ0v) is 10.3. The number of nitrogen functional groups attached to an aromatic ring is 1. The normalized spacial score (nSPS) is 11.1. The monoisotopic (exact) mass is 279 g/mol. The molecule has 6 heteroatoms. The Morgan fingerprint density at radius 1 is 1.21 bits per heavy atom. The Balaban J connectivity index is 2.30. The molecule has 1 aromatic heterocycles. The fourth-order valence-electron chi connectivity index (χ4n) is 1.95. The van der Waals surface area contributed by atoms with Crippen LogP contribution in [0.25, 0.3) is 22.4 Å². The molecule has 3 rings (SSSR count). The summed E-state index contributed by atoms with van der Waals surface area (Å²) in [6.07, 6.45) is 0. The predicted molar refractivity (Wildman–Crippen MR) is 70.9 cm³/mol. The van der Waals surface area contributed by atoms with Gasteiger partial charge in [-0.3, -0.25) is 0 Å². The van der Waals surface area contributed by atoms with Crippen molar-refractivity contribution < 1.29 is 8.78 Å². The van der Waals surface area contributed by atoms with E-state index in [1.807, 2.05) is 0 Å². The Hall–Kier alpha value is -2.14. The van der Waals surface area contributed by atoms with Crippen LogP contribution in [-0.2, 0) is 0 Å². The molecule has 0 aliphatic rings. The van der Waals surface area contributed by atoms with E-state index in [1.165, 1.54) is 6.07 Å². The standard InChI is InChI=1S/C13H8ClF2N3/c14-7-2-1-3-9(17)11(7)13-18-10-5-6(15)4-8(16)12(10)19-13/h1-5H,17H2,(H,18,19). The summed E-state index contributed by atoms with van der Waals surface area (Å²) in [5.41, 5.74) is 7.02. The number of imidazole rings is 1. The van der Waals surface area contributed by atoms with E-state index in [4.69, 9.17) is 17.3 Å². The summed E-state index contributed by atoms with van der Waals surface area (Å²) in [6.45, 7) is 0. The summed E-state index contributed by atoms with van der Waals surface area (Å²) in [4.78, 5) is 6.90. The Bertz CT molecular complexity index is 763. The van der Waals surface area contributed by atoms with E-state index in [0.29, 0.717) is 22.1 Å². The molecule has 19 heavy (non-hydrogen) atoms. The molecule has 3 N–H and O–H groups in total. The van der Waals surface area contributed by atoms with Gasteiger partial charge in [0, 0.05) is 11.8 Å². The molecule has 3 aromatic rings. The maximum Gasteiger partial charge on any atom is 0.153 e. The van der Waals surface area contributed by atoms with Gasteiger partial charge in [-0.2, -0.15) is 0 Å². The lowest BCUT2D eigenvalue weighted by molar-refractivity contribution is 0.591. The molecule has 0 fully saturated rings. The molecule has 0 saturated heterocycles. The number of rotatable bonds is 1. The number of aromatic nitrogens is 2. The third-order valence-corrected chi connectivity index (χ3v) is 3.10. The Morgan fingerprint density at radius 2 is 2.00 bits per heavy atom. The van der Waals surface area contributed by atoms with Gasteiger partial charge in [0.2, 0.25) is 0 Å². The maximum absolute atomic E-state index is 13.6. The summed E-state index contributed by atoms with van der Waals surface area (Å²) >= 11 is 6.05. The molecule has 0 unspecified atom stereocenters. The van der Waals surface area contributed by atoms with Crippen molar-refractivity contribution in [1.82, 2.24) is 9.97 Å². The Morgan fingerprint density at radius 3 is 2.74 bits per heavy atom. The first-order valence-corrected chi connectivity index (χ1v) is 5.83. The lowest BCUT2D eigenvalue weighted by Crippen LogP contribution is -1.91. The SMILES string of the molecule is Nc1cccc(Cl)c1-c1nc2c(F)cc(F)cc2[nH]1. The minimum atomic E-state index is -0.733. The van der Waals surface area contributed by atoms with Crippen LogP contribution in [0.4, 0.5) is 14.5 Å². The number of nitrogens with two attached hydrogens (primary N) is 1. The van der Waals surface area contributed by atoms with Gasteiger partial charge in [-0.15, -0.1) is 0 Å². The molecule has 0 saturated carbocycles. The van der Waals surface area contributed by atoms with Gasteiger partial charge in [0.05, 0.1) is 16.1 Å². The van der Waals surface area contributed by atoms with E-state index in [9.17, 15) is 8.78 Å². The van der Waals surface area contributed by atoms with Crippen LogP contribution in [-0.4, -0.2) is 9.97 Å². The number of hydrogen-bond acceptors (Lipinski definition) is 2. The van der Waals surface area contributed by atoms with Crippen molar-refractivity contribution in [1.29, 1.82) is 0 Å². The van der Waals surface area contributed by atoms with Crippen molar-refractivity contribution in [2.45, 2.75) is 0 Å². The average Bonchev–Trinajstić information content (AvgIpc) is 2.72. The van der Waals surface area contributed by atoms with Crippen LogP contribution in [0.2, 0.25) is 5.02 Å². The van der Waals surface area contributed by atoms with Crippen LogP contribution >= 0.6 is 11.6 Å². The first kappa shape index (κ1) is 11.9. The van der Waals surface area contributed by atoms with Crippen LogP contribution in [0, 0.1) is 11.6 Å². The van der Waals surface area contributed by atoms with Gasteiger partial charge in [0.1, 0.15) is 17.2 Å². The summed E-state index contributed by atoms with van der Waals surface area (Å²) in [7, 11) is 0. The largest absolute Gasteiger partial charge is 0.398 e. The third kappa shape index (κ3) is 1.92. The number of nitrogens with one attached hydrogen (secondary N) is 1. The quantitative estimate of drug-likeness (QED) is 0.667. The molecule has 0 atom stereocenters. The molecule has 2 aromatic carbocycles. The maximum atomic E-state index is 13.6. The minimum Gasteiger partial charge on any atom is -0.398 e. The van der Waals surface area contributed by atoms with Crippen molar-refractivity contribution >= 4 is 28.3 Å². The summed E-state index contributed by atoms with van der Waals surface area (Å²) in [5.74, 6) is -1.10. The molecular formula is C13H8ClF2N3. The number of halogens is 3. The second-order valence-corrected chi connectivity index (χ2v) is 4.48. The van der Waals surface area contributed by atoms with Gasteiger partial charge in [-0.05, 0) is 18.2 Å². The highest BCUT2D eigenvalue weighted by Gasteiger charge is 2.15. The van der Waals surface area contributed by atoms with E-state index in [1.54, 1.807) is 18.2 Å². The van der Waals surface area contributed by atoms with Gasteiger partial charge in [0.15, 0.2) is 5.82 Å². The van der Waals surface area contributed by atoms with E-state index in [-0.39, 0.29) is 11.0 Å². The summed E-state index contributed by atoms with van der Waals surface area (Å²) < 4.78 is 26.7. The highest BCUT2D eigenvalue weighted by atomic mass is 35.5. The third-order valence-electron chi connectivity index (χ3n) is 2.79. The van der Waals surface area contributed by atoms with Gasteiger partial charge in [-0.1, -0.05) is 17.7 Å². The van der Waals surface area contributed by atoms with Gasteiger partial charge < -0.3 is 10.7 Å². The van der Waals surface area contributed by atoms with Crippen molar-refractivity contribution in [3.05, 3.63) is 47.0 Å². The summed E-state index contributed by atoms with van der Waals surface area (Å²) in [5, 5.41) is 0.389. The second-order valence-electron chi connectivity index (χ2n) is 4.07. The zero-order chi connectivity index (χ0) is 13.6. The van der Waals surface area contributed by atoms with E-state index in [2.05, 4.69) is 9.97 Å². The molecule has 0 radical (unpaired) electrons. The minimum absolute atomic E-state index is 0.0516. The smallest absolute Gasteiger partial charge is 0.153 e. The molecule has 1 heterocycles. The fourth-order valence-corrected chi connectivity index (χ4v) is 2.22. The number of aromatic amines is 1. The predicted octanol–water partition coefficient (Wildman–Crippen LogP) is 3.74. The van der Waals surface area contributed by atoms with E-state index in [0.717, 1.165) is 6.07 Å². The molecule has 0 spiro atoms. The van der Waals surface area contributed by atoms with Crippen molar-refractivity contribution in [2.75, 3.05) is 5.73 Å².